The number of amides is 1. The molecule has 23 heavy (non-hydrogen) atoms. The molecule has 0 fully saturated rings. The summed E-state index contributed by atoms with van der Waals surface area (Å²) in [4.78, 5) is 18.7. The Bertz CT molecular complexity index is 812. The third-order valence-electron chi connectivity index (χ3n) is 3.85. The fraction of sp³-hybridized carbons (Fsp3) is 0.222. The van der Waals surface area contributed by atoms with Crippen LogP contribution < -0.4 is 0 Å². The van der Waals surface area contributed by atoms with E-state index in [1.165, 1.54) is 0 Å². The molecule has 5 nitrogen and oxygen atoms in total. The van der Waals surface area contributed by atoms with Gasteiger partial charge in [0.05, 0.1) is 24.0 Å². The number of imidazole rings is 1. The number of rotatable bonds is 5. The molecule has 0 saturated heterocycles. The number of benzene rings is 2. The normalized spacial score (nSPS) is 10.9. The standard InChI is InChI=1S/C18H19N3O2/c1-20-13-19-16-11-15(7-8-17(16)20)18(23)21(9-10-22)12-14-5-3-2-4-6-14/h2-8,11,13,22H,9-10,12H2,1H3. The van der Waals surface area contributed by atoms with Crippen molar-refractivity contribution < 1.29 is 9.90 Å². The van der Waals surface area contributed by atoms with Crippen molar-refractivity contribution in [2.45, 2.75) is 6.54 Å². The van der Waals surface area contributed by atoms with Gasteiger partial charge >= 0.3 is 0 Å². The Morgan fingerprint density at radius 2 is 2.00 bits per heavy atom. The van der Waals surface area contributed by atoms with E-state index in [4.69, 9.17) is 0 Å². The fourth-order valence-electron chi connectivity index (χ4n) is 2.63. The summed E-state index contributed by atoms with van der Waals surface area (Å²) in [7, 11) is 1.92. The molecule has 5 heteroatoms. The highest BCUT2D eigenvalue weighted by Crippen LogP contribution is 2.16. The molecule has 0 aliphatic heterocycles. The maximum Gasteiger partial charge on any atom is 0.254 e. The van der Waals surface area contributed by atoms with Gasteiger partial charge in [0, 0.05) is 25.7 Å². The van der Waals surface area contributed by atoms with Crippen molar-refractivity contribution in [1.29, 1.82) is 0 Å². The average molecular weight is 309 g/mol. The fourth-order valence-corrected chi connectivity index (χ4v) is 2.63. The number of aromatic nitrogens is 2. The van der Waals surface area contributed by atoms with Crippen LogP contribution in [0.5, 0.6) is 0 Å². The number of aliphatic hydroxyl groups excluding tert-OH is 1. The molecular formula is C18H19N3O2. The van der Waals surface area contributed by atoms with E-state index in [-0.39, 0.29) is 12.5 Å². The second-order valence-corrected chi connectivity index (χ2v) is 5.49. The second kappa shape index (κ2) is 6.62. The van der Waals surface area contributed by atoms with Gasteiger partial charge in [-0.2, -0.15) is 0 Å². The Hall–Kier alpha value is -2.66. The summed E-state index contributed by atoms with van der Waals surface area (Å²) in [5.41, 5.74) is 3.40. The van der Waals surface area contributed by atoms with Crippen LogP contribution in [0, 0.1) is 0 Å². The third-order valence-corrected chi connectivity index (χ3v) is 3.85. The Morgan fingerprint density at radius 1 is 1.22 bits per heavy atom. The van der Waals surface area contributed by atoms with E-state index in [2.05, 4.69) is 4.98 Å². The van der Waals surface area contributed by atoms with E-state index in [1.54, 1.807) is 17.3 Å². The van der Waals surface area contributed by atoms with Crippen molar-refractivity contribution in [3.05, 3.63) is 66.0 Å². The van der Waals surface area contributed by atoms with Crippen molar-refractivity contribution >= 4 is 16.9 Å². The largest absolute Gasteiger partial charge is 0.395 e. The molecule has 0 saturated carbocycles. The van der Waals surface area contributed by atoms with Crippen LogP contribution in [-0.4, -0.2) is 38.6 Å². The summed E-state index contributed by atoms with van der Waals surface area (Å²) in [6.07, 6.45) is 1.73. The molecule has 1 aromatic heterocycles. The van der Waals surface area contributed by atoms with Crippen LogP contribution in [0.25, 0.3) is 11.0 Å². The van der Waals surface area contributed by atoms with Gasteiger partial charge in [0.2, 0.25) is 0 Å². The minimum atomic E-state index is -0.101. The maximum atomic E-state index is 12.8. The monoisotopic (exact) mass is 309 g/mol. The number of fused-ring (bicyclic) bond motifs is 1. The van der Waals surface area contributed by atoms with Gasteiger partial charge in [-0.1, -0.05) is 30.3 Å². The first-order chi connectivity index (χ1) is 11.2. The quantitative estimate of drug-likeness (QED) is 0.786. The lowest BCUT2D eigenvalue weighted by molar-refractivity contribution is 0.0708. The number of hydrogen-bond donors (Lipinski definition) is 1. The smallest absolute Gasteiger partial charge is 0.254 e. The molecule has 0 bridgehead atoms. The maximum absolute atomic E-state index is 12.8. The van der Waals surface area contributed by atoms with Crippen LogP contribution in [0.2, 0.25) is 0 Å². The molecule has 0 spiro atoms. The van der Waals surface area contributed by atoms with E-state index in [0.717, 1.165) is 16.6 Å². The number of aliphatic hydroxyl groups is 1. The summed E-state index contributed by atoms with van der Waals surface area (Å²) in [6, 6.07) is 15.3. The van der Waals surface area contributed by atoms with Crippen molar-refractivity contribution in [1.82, 2.24) is 14.5 Å². The first kappa shape index (κ1) is 15.2. The zero-order valence-electron chi connectivity index (χ0n) is 13.0. The van der Waals surface area contributed by atoms with Crippen molar-refractivity contribution in [3.8, 4) is 0 Å². The molecule has 2 aromatic carbocycles. The van der Waals surface area contributed by atoms with Crippen LogP contribution in [0.15, 0.2) is 54.9 Å². The first-order valence-electron chi connectivity index (χ1n) is 7.54. The summed E-state index contributed by atoms with van der Waals surface area (Å²) >= 11 is 0. The van der Waals surface area contributed by atoms with Crippen LogP contribution in [0.1, 0.15) is 15.9 Å². The topological polar surface area (TPSA) is 58.4 Å². The molecule has 0 aliphatic carbocycles. The van der Waals surface area contributed by atoms with Gasteiger partial charge in [-0.15, -0.1) is 0 Å². The first-order valence-corrected chi connectivity index (χ1v) is 7.54. The summed E-state index contributed by atoms with van der Waals surface area (Å²) < 4.78 is 1.92. The van der Waals surface area contributed by atoms with Gasteiger partial charge in [0.1, 0.15) is 0 Å². The van der Waals surface area contributed by atoms with Crippen molar-refractivity contribution in [2.75, 3.05) is 13.2 Å². The Labute approximate surface area is 134 Å². The molecule has 3 aromatic rings. The number of carbonyl (C=O) groups is 1. The van der Waals surface area contributed by atoms with Crippen LogP contribution in [0.3, 0.4) is 0 Å². The molecule has 1 N–H and O–H groups in total. The number of nitrogens with zero attached hydrogens (tertiary/aromatic N) is 3. The zero-order valence-corrected chi connectivity index (χ0v) is 13.0. The van der Waals surface area contributed by atoms with Gasteiger partial charge < -0.3 is 14.6 Å². The molecule has 0 aliphatic rings. The lowest BCUT2D eigenvalue weighted by atomic mass is 10.1. The van der Waals surface area contributed by atoms with Crippen LogP contribution in [-0.2, 0) is 13.6 Å². The lowest BCUT2D eigenvalue weighted by Crippen LogP contribution is -2.33. The molecular weight excluding hydrogens is 290 g/mol. The Balaban J connectivity index is 1.86. The minimum absolute atomic E-state index is 0.0651. The number of aryl methyl sites for hydroxylation is 1. The van der Waals surface area contributed by atoms with Gasteiger partial charge in [0.15, 0.2) is 0 Å². The number of carbonyl (C=O) groups excluding carboxylic acids is 1. The van der Waals surface area contributed by atoms with Gasteiger partial charge in [0.25, 0.3) is 5.91 Å². The average Bonchev–Trinajstić information content (AvgIpc) is 2.95. The molecule has 1 amide bonds. The van der Waals surface area contributed by atoms with Gasteiger partial charge in [-0.25, -0.2) is 4.98 Å². The highest BCUT2D eigenvalue weighted by Gasteiger charge is 2.16. The highest BCUT2D eigenvalue weighted by atomic mass is 16.3. The minimum Gasteiger partial charge on any atom is -0.395 e. The Morgan fingerprint density at radius 3 is 2.74 bits per heavy atom. The van der Waals surface area contributed by atoms with Crippen LogP contribution in [0.4, 0.5) is 0 Å². The number of hydrogen-bond acceptors (Lipinski definition) is 3. The van der Waals surface area contributed by atoms with E-state index in [0.29, 0.717) is 18.7 Å². The second-order valence-electron chi connectivity index (χ2n) is 5.49. The summed E-state index contributed by atoms with van der Waals surface area (Å²) in [5.74, 6) is -0.101. The molecule has 1 heterocycles. The predicted molar refractivity (Wildman–Crippen MR) is 89.0 cm³/mol. The molecule has 0 radical (unpaired) electrons. The van der Waals surface area contributed by atoms with E-state index < -0.39 is 0 Å². The Kier molecular flexibility index (Phi) is 4.39. The van der Waals surface area contributed by atoms with Gasteiger partial charge in [-0.3, -0.25) is 4.79 Å². The summed E-state index contributed by atoms with van der Waals surface area (Å²) in [5, 5.41) is 9.28. The van der Waals surface area contributed by atoms with E-state index in [9.17, 15) is 9.90 Å². The molecule has 0 unspecified atom stereocenters. The lowest BCUT2D eigenvalue weighted by Gasteiger charge is -2.22. The predicted octanol–water partition coefficient (Wildman–Crippen LogP) is 2.21. The molecule has 3 rings (SSSR count). The third kappa shape index (κ3) is 3.24. The molecule has 0 atom stereocenters. The van der Waals surface area contributed by atoms with Gasteiger partial charge in [-0.05, 0) is 23.8 Å². The molecule has 118 valence electrons. The summed E-state index contributed by atoms with van der Waals surface area (Å²) in [6.45, 7) is 0.707. The SMILES string of the molecule is Cn1cnc2cc(C(=O)N(CCO)Cc3ccccc3)ccc21. The van der Waals surface area contributed by atoms with Crippen molar-refractivity contribution in [3.63, 3.8) is 0 Å². The highest BCUT2D eigenvalue weighted by molar-refractivity contribution is 5.97. The van der Waals surface area contributed by atoms with E-state index in [1.807, 2.05) is 54.1 Å². The van der Waals surface area contributed by atoms with E-state index >= 15 is 0 Å². The van der Waals surface area contributed by atoms with Crippen molar-refractivity contribution in [2.24, 2.45) is 7.05 Å². The van der Waals surface area contributed by atoms with Crippen LogP contribution >= 0.6 is 0 Å². The zero-order chi connectivity index (χ0) is 16.2.